The minimum Gasteiger partial charge on any atom is -0.472 e. The summed E-state index contributed by atoms with van der Waals surface area (Å²) >= 11 is 0. The molecule has 0 bridgehead atoms. The number of benzene rings is 1. The van der Waals surface area contributed by atoms with Crippen LogP contribution in [0.15, 0.2) is 41.2 Å². The van der Waals surface area contributed by atoms with E-state index in [0.29, 0.717) is 17.8 Å². The number of anilines is 1. The number of hydrogen-bond acceptors (Lipinski definition) is 3. The normalized spacial score (nSPS) is 11.0. The maximum absolute atomic E-state index is 13.6. The van der Waals surface area contributed by atoms with Crippen molar-refractivity contribution < 1.29 is 8.81 Å². The fraction of sp³-hybridized carbons (Fsp3) is 0.231. The van der Waals surface area contributed by atoms with Crippen LogP contribution in [0.3, 0.4) is 0 Å². The highest BCUT2D eigenvalue weighted by molar-refractivity contribution is 5.40. The zero-order chi connectivity index (χ0) is 12.3. The Balaban J connectivity index is 2.00. The molecule has 0 unspecified atom stereocenters. The van der Waals surface area contributed by atoms with E-state index < -0.39 is 0 Å². The lowest BCUT2D eigenvalue weighted by Crippen LogP contribution is -2.17. The maximum atomic E-state index is 13.6. The summed E-state index contributed by atoms with van der Waals surface area (Å²) in [7, 11) is 1.93. The summed E-state index contributed by atoms with van der Waals surface area (Å²) in [5.74, 6) is -0.260. The van der Waals surface area contributed by atoms with E-state index in [9.17, 15) is 4.39 Å². The van der Waals surface area contributed by atoms with Crippen LogP contribution in [0.4, 0.5) is 10.1 Å². The number of hydrogen-bond donors (Lipinski definition) is 1. The van der Waals surface area contributed by atoms with Crippen molar-refractivity contribution in [3.63, 3.8) is 0 Å². The highest BCUT2D eigenvalue weighted by Gasteiger charge is 2.07. The molecule has 0 amide bonds. The number of halogens is 1. The Morgan fingerprint density at radius 1 is 1.29 bits per heavy atom. The molecule has 1 aromatic carbocycles. The van der Waals surface area contributed by atoms with E-state index in [0.717, 1.165) is 12.1 Å². The van der Waals surface area contributed by atoms with Gasteiger partial charge >= 0.3 is 0 Å². The lowest BCUT2D eigenvalue weighted by atomic mass is 10.2. The molecule has 2 rings (SSSR count). The van der Waals surface area contributed by atoms with Crippen LogP contribution in [-0.2, 0) is 13.1 Å². The smallest absolute Gasteiger partial charge is 0.129 e. The van der Waals surface area contributed by atoms with Gasteiger partial charge in [0, 0.05) is 29.9 Å². The standard InChI is InChI=1S/C13H15FN2O/c1-16(7-10-4-5-17-9-10)8-11-2-3-12(15)6-13(11)14/h2-6,9H,7-8,15H2,1H3. The number of furan rings is 1. The second kappa shape index (κ2) is 5.01. The summed E-state index contributed by atoms with van der Waals surface area (Å²) in [5.41, 5.74) is 7.67. The molecule has 0 aliphatic carbocycles. The first-order valence-corrected chi connectivity index (χ1v) is 5.38. The first kappa shape index (κ1) is 11.7. The molecule has 0 spiro atoms. The third-order valence-electron chi connectivity index (χ3n) is 2.55. The number of rotatable bonds is 4. The van der Waals surface area contributed by atoms with Crippen LogP contribution in [0.1, 0.15) is 11.1 Å². The van der Waals surface area contributed by atoms with Gasteiger partial charge in [0.25, 0.3) is 0 Å². The number of nitrogens with zero attached hydrogens (tertiary/aromatic N) is 1. The summed E-state index contributed by atoms with van der Waals surface area (Å²) in [6, 6.07) is 6.68. The molecule has 17 heavy (non-hydrogen) atoms. The van der Waals surface area contributed by atoms with E-state index >= 15 is 0 Å². The minimum absolute atomic E-state index is 0.260. The van der Waals surface area contributed by atoms with Gasteiger partial charge in [0.05, 0.1) is 12.5 Å². The predicted molar refractivity (Wildman–Crippen MR) is 64.7 cm³/mol. The van der Waals surface area contributed by atoms with Gasteiger partial charge in [-0.1, -0.05) is 6.07 Å². The molecule has 0 radical (unpaired) electrons. The third kappa shape index (κ3) is 3.07. The molecule has 2 N–H and O–H groups in total. The molecule has 1 aromatic heterocycles. The Morgan fingerprint density at radius 3 is 2.76 bits per heavy atom. The second-order valence-electron chi connectivity index (χ2n) is 4.15. The summed E-state index contributed by atoms with van der Waals surface area (Å²) in [6.45, 7) is 1.26. The maximum Gasteiger partial charge on any atom is 0.129 e. The van der Waals surface area contributed by atoms with E-state index in [1.807, 2.05) is 18.0 Å². The predicted octanol–water partition coefficient (Wildman–Crippen LogP) is 2.63. The van der Waals surface area contributed by atoms with Crippen molar-refractivity contribution in [2.75, 3.05) is 12.8 Å². The van der Waals surface area contributed by atoms with Gasteiger partial charge < -0.3 is 10.2 Å². The van der Waals surface area contributed by atoms with Crippen LogP contribution in [0.2, 0.25) is 0 Å². The quantitative estimate of drug-likeness (QED) is 0.827. The topological polar surface area (TPSA) is 42.4 Å². The van der Waals surface area contributed by atoms with E-state index in [4.69, 9.17) is 10.2 Å². The van der Waals surface area contributed by atoms with Crippen LogP contribution >= 0.6 is 0 Å². The number of nitrogen functional groups attached to an aromatic ring is 1. The van der Waals surface area contributed by atoms with Gasteiger partial charge in [-0.25, -0.2) is 4.39 Å². The zero-order valence-corrected chi connectivity index (χ0v) is 9.69. The Hall–Kier alpha value is -1.81. The largest absolute Gasteiger partial charge is 0.472 e. The second-order valence-corrected chi connectivity index (χ2v) is 4.15. The van der Waals surface area contributed by atoms with Crippen LogP contribution in [0, 0.1) is 5.82 Å². The summed E-state index contributed by atoms with van der Waals surface area (Å²) in [4.78, 5) is 2.01. The van der Waals surface area contributed by atoms with Crippen molar-refractivity contribution in [2.24, 2.45) is 0 Å². The molecule has 0 saturated carbocycles. The van der Waals surface area contributed by atoms with Gasteiger partial charge in [-0.3, -0.25) is 4.90 Å². The van der Waals surface area contributed by atoms with E-state index in [-0.39, 0.29) is 5.82 Å². The summed E-state index contributed by atoms with van der Waals surface area (Å²) in [5, 5.41) is 0. The van der Waals surface area contributed by atoms with Gasteiger partial charge in [-0.15, -0.1) is 0 Å². The van der Waals surface area contributed by atoms with Crippen molar-refractivity contribution in [3.05, 3.63) is 53.7 Å². The van der Waals surface area contributed by atoms with Crippen LogP contribution < -0.4 is 5.73 Å². The first-order valence-electron chi connectivity index (χ1n) is 5.38. The molecule has 3 nitrogen and oxygen atoms in total. The first-order chi connectivity index (χ1) is 8.15. The molecule has 0 atom stereocenters. The average molecular weight is 234 g/mol. The van der Waals surface area contributed by atoms with Gasteiger partial charge in [-0.05, 0) is 25.2 Å². The molecule has 90 valence electrons. The molecule has 4 heteroatoms. The van der Waals surface area contributed by atoms with E-state index in [2.05, 4.69) is 0 Å². The van der Waals surface area contributed by atoms with Crippen LogP contribution in [0.5, 0.6) is 0 Å². The van der Waals surface area contributed by atoms with Gasteiger partial charge in [0.1, 0.15) is 5.82 Å². The van der Waals surface area contributed by atoms with Gasteiger partial charge in [0.15, 0.2) is 0 Å². The van der Waals surface area contributed by atoms with Crippen molar-refractivity contribution in [1.82, 2.24) is 4.90 Å². The molecule has 0 fully saturated rings. The Kier molecular flexibility index (Phi) is 3.44. The Labute approximate surface area is 99.6 Å². The van der Waals surface area contributed by atoms with Crippen molar-refractivity contribution in [2.45, 2.75) is 13.1 Å². The fourth-order valence-electron chi connectivity index (χ4n) is 1.73. The molecular weight excluding hydrogens is 219 g/mol. The van der Waals surface area contributed by atoms with E-state index in [1.54, 1.807) is 24.7 Å². The third-order valence-corrected chi connectivity index (χ3v) is 2.55. The zero-order valence-electron chi connectivity index (χ0n) is 9.69. The van der Waals surface area contributed by atoms with Crippen molar-refractivity contribution >= 4 is 5.69 Å². The van der Waals surface area contributed by atoms with E-state index in [1.165, 1.54) is 6.07 Å². The lowest BCUT2D eigenvalue weighted by molar-refractivity contribution is 0.312. The SMILES string of the molecule is CN(Cc1ccoc1)Cc1ccc(N)cc1F. The van der Waals surface area contributed by atoms with Gasteiger partial charge in [-0.2, -0.15) is 0 Å². The minimum atomic E-state index is -0.260. The molecular formula is C13H15FN2O. The van der Waals surface area contributed by atoms with Gasteiger partial charge in [0.2, 0.25) is 0 Å². The molecule has 2 aromatic rings. The highest BCUT2D eigenvalue weighted by Crippen LogP contribution is 2.14. The average Bonchev–Trinajstić information content (AvgIpc) is 2.75. The molecule has 0 aliphatic heterocycles. The Bertz CT molecular complexity index is 482. The summed E-state index contributed by atoms with van der Waals surface area (Å²) < 4.78 is 18.6. The lowest BCUT2D eigenvalue weighted by Gasteiger charge is -2.16. The molecule has 0 aliphatic rings. The van der Waals surface area contributed by atoms with Crippen LogP contribution in [-0.4, -0.2) is 11.9 Å². The van der Waals surface area contributed by atoms with Crippen molar-refractivity contribution in [3.8, 4) is 0 Å². The monoisotopic (exact) mass is 234 g/mol. The Morgan fingerprint density at radius 2 is 2.12 bits per heavy atom. The molecule has 1 heterocycles. The summed E-state index contributed by atoms with van der Waals surface area (Å²) in [6.07, 6.45) is 3.32. The molecule has 0 saturated heterocycles. The fourth-order valence-corrected chi connectivity index (χ4v) is 1.73. The van der Waals surface area contributed by atoms with Crippen LogP contribution in [0.25, 0.3) is 0 Å². The highest BCUT2D eigenvalue weighted by atomic mass is 19.1. The van der Waals surface area contributed by atoms with Crippen molar-refractivity contribution in [1.29, 1.82) is 0 Å². The number of nitrogens with two attached hydrogens (primary N) is 1.